The Morgan fingerprint density at radius 3 is 2.76 bits per heavy atom. The minimum Gasteiger partial charge on any atom is -0.490 e. The second-order valence-corrected chi connectivity index (χ2v) is 5.33. The minimum atomic E-state index is -0.377. The number of benzene rings is 2. The van der Waals surface area contributed by atoms with Gasteiger partial charge < -0.3 is 9.47 Å². The van der Waals surface area contributed by atoms with Crippen LogP contribution in [0, 0.1) is 0 Å². The molecule has 130 valence electrons. The van der Waals surface area contributed by atoms with E-state index >= 15 is 0 Å². The standard InChI is InChI=1S/C19H19ClN2O3/c1-3-11-25-17-10-9-14(12-18(17)24-4-2)13-21-22-19(23)15-7-5-6-8-16(15)20/h3,5-10,12-13H,1,4,11H2,2H3,(H,22,23)/b21-13-. The number of nitrogens with one attached hydrogen (secondary N) is 1. The van der Waals surface area contributed by atoms with Gasteiger partial charge in [-0.25, -0.2) is 5.43 Å². The molecule has 2 aromatic rings. The van der Waals surface area contributed by atoms with Gasteiger partial charge in [-0.1, -0.05) is 36.4 Å². The maximum atomic E-state index is 12.0. The summed E-state index contributed by atoms with van der Waals surface area (Å²) >= 11 is 5.98. The number of hydrazone groups is 1. The zero-order chi connectivity index (χ0) is 18.1. The van der Waals surface area contributed by atoms with Crippen LogP contribution in [-0.4, -0.2) is 25.3 Å². The van der Waals surface area contributed by atoms with Gasteiger partial charge in [0.15, 0.2) is 11.5 Å². The van der Waals surface area contributed by atoms with Crippen molar-refractivity contribution in [2.75, 3.05) is 13.2 Å². The number of carbonyl (C=O) groups is 1. The summed E-state index contributed by atoms with van der Waals surface area (Å²) in [4.78, 5) is 12.0. The maximum Gasteiger partial charge on any atom is 0.272 e. The molecule has 0 aliphatic heterocycles. The van der Waals surface area contributed by atoms with Gasteiger partial charge in [-0.15, -0.1) is 0 Å². The molecule has 2 rings (SSSR count). The van der Waals surface area contributed by atoms with Gasteiger partial charge >= 0.3 is 0 Å². The summed E-state index contributed by atoms with van der Waals surface area (Å²) in [5, 5.41) is 4.33. The lowest BCUT2D eigenvalue weighted by Gasteiger charge is -2.11. The number of nitrogens with zero attached hydrogens (tertiary/aromatic N) is 1. The highest BCUT2D eigenvalue weighted by atomic mass is 35.5. The first-order valence-corrected chi connectivity index (χ1v) is 8.12. The third kappa shape index (κ3) is 5.36. The highest BCUT2D eigenvalue weighted by molar-refractivity contribution is 6.33. The van der Waals surface area contributed by atoms with Gasteiger partial charge in [0, 0.05) is 0 Å². The summed E-state index contributed by atoms with van der Waals surface area (Å²) in [6.07, 6.45) is 3.18. The van der Waals surface area contributed by atoms with Crippen LogP contribution in [0.1, 0.15) is 22.8 Å². The zero-order valence-corrected chi connectivity index (χ0v) is 14.6. The van der Waals surface area contributed by atoms with Crippen molar-refractivity contribution in [1.29, 1.82) is 0 Å². The van der Waals surface area contributed by atoms with Crippen LogP contribution in [0.25, 0.3) is 0 Å². The zero-order valence-electron chi connectivity index (χ0n) is 13.9. The van der Waals surface area contributed by atoms with Crippen molar-refractivity contribution in [2.24, 2.45) is 5.10 Å². The molecule has 0 atom stereocenters. The van der Waals surface area contributed by atoms with E-state index in [1.807, 2.05) is 13.0 Å². The molecule has 1 amide bonds. The van der Waals surface area contributed by atoms with Crippen molar-refractivity contribution < 1.29 is 14.3 Å². The van der Waals surface area contributed by atoms with Crippen molar-refractivity contribution in [1.82, 2.24) is 5.43 Å². The van der Waals surface area contributed by atoms with Gasteiger partial charge in [0.05, 0.1) is 23.4 Å². The topological polar surface area (TPSA) is 59.9 Å². The molecule has 0 bridgehead atoms. The molecule has 0 saturated carbocycles. The molecule has 0 saturated heterocycles. The normalized spacial score (nSPS) is 10.5. The summed E-state index contributed by atoms with van der Waals surface area (Å²) < 4.78 is 11.1. The fraction of sp³-hybridized carbons (Fsp3) is 0.158. The predicted octanol–water partition coefficient (Wildman–Crippen LogP) is 4.07. The molecule has 0 radical (unpaired) electrons. The van der Waals surface area contributed by atoms with Crippen molar-refractivity contribution >= 4 is 23.7 Å². The molecule has 0 fully saturated rings. The number of ether oxygens (including phenoxy) is 2. The first kappa shape index (κ1) is 18.5. The summed E-state index contributed by atoms with van der Waals surface area (Å²) in [5.41, 5.74) is 3.57. The van der Waals surface area contributed by atoms with Crippen LogP contribution >= 0.6 is 11.6 Å². The van der Waals surface area contributed by atoms with Crippen LogP contribution in [0.3, 0.4) is 0 Å². The van der Waals surface area contributed by atoms with E-state index in [0.29, 0.717) is 35.3 Å². The first-order valence-electron chi connectivity index (χ1n) is 7.74. The Labute approximate surface area is 151 Å². The van der Waals surface area contributed by atoms with Crippen LogP contribution in [0.2, 0.25) is 5.02 Å². The number of rotatable bonds is 8. The van der Waals surface area contributed by atoms with E-state index in [0.717, 1.165) is 5.56 Å². The average Bonchev–Trinajstić information content (AvgIpc) is 2.61. The molecule has 25 heavy (non-hydrogen) atoms. The Balaban J connectivity index is 2.07. The summed E-state index contributed by atoms with van der Waals surface area (Å²) in [6.45, 7) is 6.41. The fourth-order valence-corrected chi connectivity index (χ4v) is 2.23. The number of hydrogen-bond donors (Lipinski definition) is 1. The molecule has 2 aromatic carbocycles. The molecular formula is C19H19ClN2O3. The quantitative estimate of drug-likeness (QED) is 0.439. The van der Waals surface area contributed by atoms with E-state index in [4.69, 9.17) is 21.1 Å². The number of carbonyl (C=O) groups excluding carboxylic acids is 1. The number of amides is 1. The van der Waals surface area contributed by atoms with Crippen LogP contribution in [0.4, 0.5) is 0 Å². The molecule has 0 unspecified atom stereocenters. The lowest BCUT2D eigenvalue weighted by molar-refractivity contribution is 0.0955. The first-order chi connectivity index (χ1) is 12.2. The largest absolute Gasteiger partial charge is 0.490 e. The third-order valence-electron chi connectivity index (χ3n) is 3.12. The molecule has 0 spiro atoms. The van der Waals surface area contributed by atoms with E-state index in [-0.39, 0.29) is 5.91 Å². The van der Waals surface area contributed by atoms with Gasteiger partial charge in [-0.2, -0.15) is 5.10 Å². The molecule has 1 N–H and O–H groups in total. The Kier molecular flexibility index (Phi) is 7.04. The Morgan fingerprint density at radius 1 is 1.24 bits per heavy atom. The maximum absolute atomic E-state index is 12.0. The van der Waals surface area contributed by atoms with E-state index in [2.05, 4.69) is 17.1 Å². The number of hydrogen-bond acceptors (Lipinski definition) is 4. The second-order valence-electron chi connectivity index (χ2n) is 4.92. The van der Waals surface area contributed by atoms with Gasteiger partial charge in [0.1, 0.15) is 6.61 Å². The molecule has 0 aliphatic carbocycles. The van der Waals surface area contributed by atoms with Crippen molar-refractivity contribution in [3.63, 3.8) is 0 Å². The smallest absolute Gasteiger partial charge is 0.272 e. The lowest BCUT2D eigenvalue weighted by Crippen LogP contribution is -2.17. The molecule has 6 heteroatoms. The summed E-state index contributed by atoms with van der Waals surface area (Å²) in [6, 6.07) is 12.2. The van der Waals surface area contributed by atoms with E-state index < -0.39 is 0 Å². The van der Waals surface area contributed by atoms with Crippen LogP contribution in [0.15, 0.2) is 60.2 Å². The molecular weight excluding hydrogens is 340 g/mol. The van der Waals surface area contributed by atoms with Crippen molar-refractivity contribution in [2.45, 2.75) is 6.92 Å². The number of halogens is 1. The summed E-state index contributed by atoms with van der Waals surface area (Å²) in [5.74, 6) is 0.850. The minimum absolute atomic E-state index is 0.365. The van der Waals surface area contributed by atoms with Gasteiger partial charge in [-0.05, 0) is 42.8 Å². The van der Waals surface area contributed by atoms with Crippen molar-refractivity contribution in [3.05, 3.63) is 71.3 Å². The fourth-order valence-electron chi connectivity index (χ4n) is 2.01. The summed E-state index contributed by atoms with van der Waals surface area (Å²) in [7, 11) is 0. The van der Waals surface area contributed by atoms with E-state index in [1.165, 1.54) is 6.21 Å². The Morgan fingerprint density at radius 2 is 2.04 bits per heavy atom. The van der Waals surface area contributed by atoms with Crippen LogP contribution in [0.5, 0.6) is 11.5 Å². The van der Waals surface area contributed by atoms with Crippen molar-refractivity contribution in [3.8, 4) is 11.5 Å². The van der Waals surface area contributed by atoms with Crippen LogP contribution < -0.4 is 14.9 Å². The Bertz CT molecular complexity index is 775. The van der Waals surface area contributed by atoms with Gasteiger partial charge in [-0.3, -0.25) is 4.79 Å². The molecule has 5 nitrogen and oxygen atoms in total. The molecule has 0 aliphatic rings. The average molecular weight is 359 g/mol. The third-order valence-corrected chi connectivity index (χ3v) is 3.45. The van der Waals surface area contributed by atoms with Gasteiger partial charge in [0.2, 0.25) is 0 Å². The molecule has 0 heterocycles. The Hall–Kier alpha value is -2.79. The molecule has 0 aromatic heterocycles. The SMILES string of the molecule is C=CCOc1ccc(/C=N\NC(=O)c2ccccc2Cl)cc1OCC. The van der Waals surface area contributed by atoms with Gasteiger partial charge in [0.25, 0.3) is 5.91 Å². The highest BCUT2D eigenvalue weighted by Crippen LogP contribution is 2.28. The monoisotopic (exact) mass is 358 g/mol. The lowest BCUT2D eigenvalue weighted by atomic mass is 10.2. The van der Waals surface area contributed by atoms with E-state index in [1.54, 1.807) is 42.5 Å². The predicted molar refractivity (Wildman–Crippen MR) is 99.8 cm³/mol. The second kappa shape index (κ2) is 9.49. The highest BCUT2D eigenvalue weighted by Gasteiger charge is 2.08. The van der Waals surface area contributed by atoms with Crippen LogP contribution in [-0.2, 0) is 0 Å². The van der Waals surface area contributed by atoms with E-state index in [9.17, 15) is 4.79 Å².